The molecule has 0 bridgehead atoms. The number of methoxy groups -OCH3 is 1. The number of ether oxygens (including phenoxy) is 1. The molecule has 0 aliphatic heterocycles. The van der Waals surface area contributed by atoms with E-state index in [1.165, 1.54) is 13.2 Å². The zero-order valence-electron chi connectivity index (χ0n) is 15.4. The fourth-order valence-corrected chi connectivity index (χ4v) is 3.95. The smallest absolute Gasteiger partial charge is 0.216 e. The van der Waals surface area contributed by atoms with Gasteiger partial charge in [0.1, 0.15) is 0 Å². The second-order valence-corrected chi connectivity index (χ2v) is 10.1. The first kappa shape index (κ1) is 20.0. The van der Waals surface area contributed by atoms with Crippen molar-refractivity contribution >= 4 is 15.7 Å². The van der Waals surface area contributed by atoms with E-state index in [1.54, 1.807) is 32.9 Å². The Morgan fingerprint density at radius 3 is 2.36 bits per heavy atom. The van der Waals surface area contributed by atoms with Crippen LogP contribution in [-0.4, -0.2) is 32.9 Å². The highest BCUT2D eigenvalue weighted by molar-refractivity contribution is 7.90. The third kappa shape index (κ3) is 5.31. The van der Waals surface area contributed by atoms with Gasteiger partial charge in [-0.25, -0.2) is 17.5 Å². The topological polar surface area (TPSA) is 67.4 Å². The Bertz CT molecular complexity index is 678. The van der Waals surface area contributed by atoms with E-state index in [0.29, 0.717) is 5.92 Å². The van der Waals surface area contributed by atoms with Crippen LogP contribution in [0.2, 0.25) is 0 Å². The van der Waals surface area contributed by atoms with Crippen LogP contribution >= 0.6 is 0 Å². The second-order valence-electron chi connectivity index (χ2n) is 7.68. The van der Waals surface area contributed by atoms with Gasteiger partial charge in [-0.1, -0.05) is 0 Å². The average Bonchev–Trinajstić information content (AvgIpc) is 2.53. The molecule has 2 rings (SSSR count). The molecule has 0 heterocycles. The molecule has 7 heteroatoms. The van der Waals surface area contributed by atoms with Crippen molar-refractivity contribution in [1.29, 1.82) is 0 Å². The Labute approximate surface area is 150 Å². The molecule has 0 saturated heterocycles. The number of hydrogen-bond acceptors (Lipinski definition) is 4. The van der Waals surface area contributed by atoms with Crippen LogP contribution in [-0.2, 0) is 10.0 Å². The van der Waals surface area contributed by atoms with E-state index < -0.39 is 14.8 Å². The van der Waals surface area contributed by atoms with Crippen LogP contribution in [0.25, 0.3) is 0 Å². The molecule has 1 aliphatic rings. The van der Waals surface area contributed by atoms with Gasteiger partial charge >= 0.3 is 0 Å². The van der Waals surface area contributed by atoms with Gasteiger partial charge in [-0.15, -0.1) is 0 Å². The Hall–Kier alpha value is -1.34. The molecule has 1 fully saturated rings. The highest BCUT2D eigenvalue weighted by Crippen LogP contribution is 2.27. The number of anilines is 1. The number of rotatable bonds is 6. The molecule has 0 radical (unpaired) electrons. The fourth-order valence-electron chi connectivity index (χ4n) is 2.92. The summed E-state index contributed by atoms with van der Waals surface area (Å²) < 4.78 is 45.1. The highest BCUT2D eigenvalue weighted by atomic mass is 32.2. The summed E-state index contributed by atoms with van der Waals surface area (Å²) in [7, 11) is -1.86. The van der Waals surface area contributed by atoms with Crippen LogP contribution in [0.1, 0.15) is 46.5 Å². The summed E-state index contributed by atoms with van der Waals surface area (Å²) in [6.45, 7) is 5.88. The monoisotopic (exact) mass is 372 g/mol. The molecule has 5 nitrogen and oxygen atoms in total. The van der Waals surface area contributed by atoms with Gasteiger partial charge in [0, 0.05) is 24.3 Å². The number of hydrogen-bond donors (Lipinski definition) is 2. The molecule has 1 aliphatic carbocycles. The summed E-state index contributed by atoms with van der Waals surface area (Å²) in [6, 6.07) is 4.85. The van der Waals surface area contributed by atoms with Crippen molar-refractivity contribution in [1.82, 2.24) is 4.72 Å². The third-order valence-corrected chi connectivity index (χ3v) is 6.98. The molecule has 1 aromatic rings. The van der Waals surface area contributed by atoms with Gasteiger partial charge in [-0.05, 0) is 64.5 Å². The van der Waals surface area contributed by atoms with E-state index >= 15 is 0 Å². The first-order chi connectivity index (χ1) is 11.6. The van der Waals surface area contributed by atoms with Gasteiger partial charge in [0.25, 0.3) is 0 Å². The zero-order valence-corrected chi connectivity index (χ0v) is 16.2. The van der Waals surface area contributed by atoms with Crippen LogP contribution in [0, 0.1) is 11.7 Å². The predicted molar refractivity (Wildman–Crippen MR) is 99.0 cm³/mol. The first-order valence-corrected chi connectivity index (χ1v) is 10.2. The van der Waals surface area contributed by atoms with Gasteiger partial charge in [-0.2, -0.15) is 0 Å². The summed E-state index contributed by atoms with van der Waals surface area (Å²) in [5.74, 6) is 0.311. The Balaban J connectivity index is 1.80. The van der Waals surface area contributed by atoms with Gasteiger partial charge < -0.3 is 10.1 Å². The molecule has 0 amide bonds. The van der Waals surface area contributed by atoms with Crippen LogP contribution < -0.4 is 14.8 Å². The van der Waals surface area contributed by atoms with Crippen molar-refractivity contribution in [3.05, 3.63) is 24.0 Å². The number of nitrogens with one attached hydrogen (secondary N) is 2. The molecule has 0 aromatic heterocycles. The van der Waals surface area contributed by atoms with Crippen LogP contribution in [0.15, 0.2) is 18.2 Å². The summed E-state index contributed by atoms with van der Waals surface area (Å²) in [5, 5.41) is 3.26. The lowest BCUT2D eigenvalue weighted by atomic mass is 9.86. The molecular weight excluding hydrogens is 343 g/mol. The number of sulfonamides is 1. The number of halogens is 1. The first-order valence-electron chi connectivity index (χ1n) is 8.71. The lowest BCUT2D eigenvalue weighted by Crippen LogP contribution is -2.46. The van der Waals surface area contributed by atoms with Crippen molar-refractivity contribution in [3.8, 4) is 5.75 Å². The quantitative estimate of drug-likeness (QED) is 0.802. The average molecular weight is 373 g/mol. The summed E-state index contributed by atoms with van der Waals surface area (Å²) >= 11 is 0. The number of benzene rings is 1. The van der Waals surface area contributed by atoms with E-state index in [2.05, 4.69) is 10.0 Å². The van der Waals surface area contributed by atoms with Crippen LogP contribution in [0.3, 0.4) is 0 Å². The standard InChI is InChI=1S/C18H29FN2O3S/c1-18(2,3)25(22,23)21-14-7-5-13(6-8-14)12-20-15-9-10-17(24-4)16(19)11-15/h9-11,13-14,20-21H,5-8,12H2,1-4H3/t13-,14-. The summed E-state index contributed by atoms with van der Waals surface area (Å²) in [5.41, 5.74) is 0.730. The van der Waals surface area contributed by atoms with Crippen molar-refractivity contribution in [2.45, 2.75) is 57.2 Å². The van der Waals surface area contributed by atoms with Gasteiger partial charge in [0.2, 0.25) is 10.0 Å². The SMILES string of the molecule is COc1ccc(NC[C@H]2CC[C@H](NS(=O)(=O)C(C)(C)C)CC2)cc1F. The molecule has 0 unspecified atom stereocenters. The van der Waals surface area contributed by atoms with Gasteiger partial charge in [0.05, 0.1) is 11.9 Å². The minimum absolute atomic E-state index is 0.0129. The van der Waals surface area contributed by atoms with E-state index in [0.717, 1.165) is 37.9 Å². The minimum Gasteiger partial charge on any atom is -0.494 e. The van der Waals surface area contributed by atoms with Crippen molar-refractivity contribution in [3.63, 3.8) is 0 Å². The van der Waals surface area contributed by atoms with Crippen LogP contribution in [0.5, 0.6) is 5.75 Å². The molecular formula is C18H29FN2O3S. The lowest BCUT2D eigenvalue weighted by Gasteiger charge is -2.31. The summed E-state index contributed by atoms with van der Waals surface area (Å²) in [6.07, 6.45) is 3.56. The molecule has 2 N–H and O–H groups in total. The van der Waals surface area contributed by atoms with E-state index in [1.807, 2.05) is 0 Å². The normalized spacial score (nSPS) is 21.8. The maximum atomic E-state index is 13.7. The minimum atomic E-state index is -3.30. The van der Waals surface area contributed by atoms with Gasteiger partial charge in [-0.3, -0.25) is 0 Å². The maximum absolute atomic E-state index is 13.7. The third-order valence-electron chi connectivity index (χ3n) is 4.72. The van der Waals surface area contributed by atoms with Crippen molar-refractivity contribution < 1.29 is 17.5 Å². The Morgan fingerprint density at radius 1 is 1.20 bits per heavy atom. The largest absolute Gasteiger partial charge is 0.494 e. The Morgan fingerprint density at radius 2 is 1.84 bits per heavy atom. The van der Waals surface area contributed by atoms with E-state index in [4.69, 9.17) is 4.74 Å². The van der Waals surface area contributed by atoms with Crippen molar-refractivity contribution in [2.24, 2.45) is 5.92 Å². The molecule has 0 atom stereocenters. The van der Waals surface area contributed by atoms with Gasteiger partial charge in [0.15, 0.2) is 11.6 Å². The molecule has 25 heavy (non-hydrogen) atoms. The molecule has 0 spiro atoms. The predicted octanol–water partition coefficient (Wildman–Crippen LogP) is 3.52. The van der Waals surface area contributed by atoms with E-state index in [9.17, 15) is 12.8 Å². The van der Waals surface area contributed by atoms with Crippen LogP contribution in [0.4, 0.5) is 10.1 Å². The fraction of sp³-hybridized carbons (Fsp3) is 0.667. The summed E-state index contributed by atoms with van der Waals surface area (Å²) in [4.78, 5) is 0. The zero-order chi connectivity index (χ0) is 18.7. The van der Waals surface area contributed by atoms with E-state index in [-0.39, 0.29) is 17.6 Å². The lowest BCUT2D eigenvalue weighted by molar-refractivity contribution is 0.322. The molecule has 1 saturated carbocycles. The molecule has 142 valence electrons. The molecule has 1 aromatic carbocycles. The maximum Gasteiger partial charge on any atom is 0.216 e. The van der Waals surface area contributed by atoms with Crippen molar-refractivity contribution in [2.75, 3.05) is 19.0 Å². The highest BCUT2D eigenvalue weighted by Gasteiger charge is 2.32. The Kier molecular flexibility index (Phi) is 6.32. The second kappa shape index (κ2) is 7.91.